The fourth-order valence-corrected chi connectivity index (χ4v) is 1.88. The van der Waals surface area contributed by atoms with Gasteiger partial charge in [-0.1, -0.05) is 6.07 Å². The smallest absolute Gasteiger partial charge is 0.343 e. The summed E-state index contributed by atoms with van der Waals surface area (Å²) in [6, 6.07) is 5.07. The zero-order valence-corrected chi connectivity index (χ0v) is 11.5. The van der Waals surface area contributed by atoms with Crippen molar-refractivity contribution < 1.29 is 14.3 Å². The van der Waals surface area contributed by atoms with Gasteiger partial charge in [-0.3, -0.25) is 0 Å². The van der Waals surface area contributed by atoms with Crippen LogP contribution in [0.2, 0.25) is 0 Å². The van der Waals surface area contributed by atoms with Gasteiger partial charge < -0.3 is 19.8 Å². The third-order valence-corrected chi connectivity index (χ3v) is 2.96. The first-order chi connectivity index (χ1) is 9.63. The van der Waals surface area contributed by atoms with Gasteiger partial charge in [-0.25, -0.2) is 9.78 Å². The molecule has 1 aromatic carbocycles. The van der Waals surface area contributed by atoms with Gasteiger partial charge in [0.2, 0.25) is 0 Å². The molecule has 1 aromatic heterocycles. The molecular formula is C14H17N3O3. The predicted molar refractivity (Wildman–Crippen MR) is 74.7 cm³/mol. The quantitative estimate of drug-likeness (QED) is 0.663. The number of rotatable bonds is 5. The number of carbonyl (C=O) groups is 1. The number of anilines is 1. The Hall–Kier alpha value is -2.50. The van der Waals surface area contributed by atoms with Gasteiger partial charge in [0.05, 0.1) is 13.7 Å². The first-order valence-electron chi connectivity index (χ1n) is 6.21. The average molecular weight is 275 g/mol. The van der Waals surface area contributed by atoms with Gasteiger partial charge in [-0.05, 0) is 19.1 Å². The molecule has 2 aromatic rings. The number of nitrogen functional groups attached to an aromatic ring is 1. The number of imidazole rings is 1. The topological polar surface area (TPSA) is 79.4 Å². The van der Waals surface area contributed by atoms with Crippen LogP contribution in [0.25, 0.3) is 0 Å². The highest BCUT2D eigenvalue weighted by atomic mass is 16.5. The van der Waals surface area contributed by atoms with Crippen molar-refractivity contribution in [2.24, 2.45) is 0 Å². The van der Waals surface area contributed by atoms with Crippen molar-refractivity contribution in [3.8, 4) is 5.75 Å². The van der Waals surface area contributed by atoms with Crippen LogP contribution in [0, 0.1) is 6.92 Å². The standard InChI is InChI=1S/C14H17N3O3/c1-10-16-6-7-17(10)8-9-20-12-5-3-4-11(15)13(12)14(18)19-2/h3-7H,8-9,15H2,1-2H3. The van der Waals surface area contributed by atoms with Gasteiger partial charge in [0.1, 0.15) is 23.7 Å². The minimum Gasteiger partial charge on any atom is -0.491 e. The first kappa shape index (κ1) is 13.9. The minimum atomic E-state index is -0.503. The zero-order chi connectivity index (χ0) is 14.5. The fraction of sp³-hybridized carbons (Fsp3) is 0.286. The van der Waals surface area contributed by atoms with E-state index >= 15 is 0 Å². The van der Waals surface area contributed by atoms with Crippen LogP contribution < -0.4 is 10.5 Å². The van der Waals surface area contributed by atoms with E-state index in [0.717, 1.165) is 5.82 Å². The number of hydrogen-bond acceptors (Lipinski definition) is 5. The number of nitrogens with zero attached hydrogens (tertiary/aromatic N) is 2. The summed E-state index contributed by atoms with van der Waals surface area (Å²) >= 11 is 0. The highest BCUT2D eigenvalue weighted by Crippen LogP contribution is 2.25. The van der Waals surface area contributed by atoms with Crippen LogP contribution in [0.15, 0.2) is 30.6 Å². The maximum absolute atomic E-state index is 11.7. The van der Waals surface area contributed by atoms with E-state index < -0.39 is 5.97 Å². The number of methoxy groups -OCH3 is 1. The highest BCUT2D eigenvalue weighted by Gasteiger charge is 2.16. The van der Waals surface area contributed by atoms with Crippen LogP contribution in [0.1, 0.15) is 16.2 Å². The zero-order valence-electron chi connectivity index (χ0n) is 11.5. The Morgan fingerprint density at radius 1 is 1.45 bits per heavy atom. The summed E-state index contributed by atoms with van der Waals surface area (Å²) in [4.78, 5) is 15.8. The second kappa shape index (κ2) is 6.10. The Kier molecular flexibility index (Phi) is 4.24. The van der Waals surface area contributed by atoms with Gasteiger partial charge in [0.25, 0.3) is 0 Å². The Balaban J connectivity index is 2.08. The van der Waals surface area contributed by atoms with Gasteiger partial charge in [0, 0.05) is 18.1 Å². The van der Waals surface area contributed by atoms with E-state index in [1.807, 2.05) is 17.7 Å². The number of aromatic nitrogens is 2. The molecule has 0 aliphatic rings. The number of aryl methyl sites for hydroxylation is 1. The Morgan fingerprint density at radius 3 is 2.90 bits per heavy atom. The van der Waals surface area contributed by atoms with E-state index in [9.17, 15) is 4.79 Å². The molecule has 0 spiro atoms. The normalized spacial score (nSPS) is 10.3. The van der Waals surface area contributed by atoms with Crippen molar-refractivity contribution >= 4 is 11.7 Å². The minimum absolute atomic E-state index is 0.261. The molecule has 0 aliphatic heterocycles. The Morgan fingerprint density at radius 2 is 2.25 bits per heavy atom. The summed E-state index contributed by atoms with van der Waals surface area (Å²) in [5.74, 6) is 0.834. The van der Waals surface area contributed by atoms with Crippen molar-refractivity contribution in [2.45, 2.75) is 13.5 Å². The largest absolute Gasteiger partial charge is 0.491 e. The molecule has 20 heavy (non-hydrogen) atoms. The lowest BCUT2D eigenvalue weighted by Crippen LogP contribution is -2.13. The number of esters is 1. The molecule has 0 radical (unpaired) electrons. The van der Waals surface area contributed by atoms with Crippen molar-refractivity contribution in [3.05, 3.63) is 42.0 Å². The van der Waals surface area contributed by atoms with E-state index in [2.05, 4.69) is 4.98 Å². The molecule has 6 heteroatoms. The van der Waals surface area contributed by atoms with Crippen LogP contribution in [0.3, 0.4) is 0 Å². The van der Waals surface area contributed by atoms with E-state index in [1.165, 1.54) is 7.11 Å². The Bertz CT molecular complexity index is 607. The molecule has 2 N–H and O–H groups in total. The molecule has 0 amide bonds. The number of benzene rings is 1. The summed E-state index contributed by atoms with van der Waals surface area (Å²) in [5.41, 5.74) is 6.39. The fourth-order valence-electron chi connectivity index (χ4n) is 1.88. The molecule has 0 fully saturated rings. The molecule has 1 heterocycles. The lowest BCUT2D eigenvalue weighted by atomic mass is 10.1. The molecule has 0 bridgehead atoms. The lowest BCUT2D eigenvalue weighted by Gasteiger charge is -2.12. The number of nitrogens with two attached hydrogens (primary N) is 1. The molecule has 6 nitrogen and oxygen atoms in total. The van der Waals surface area contributed by atoms with E-state index in [1.54, 1.807) is 24.4 Å². The molecule has 0 saturated heterocycles. The number of carbonyl (C=O) groups excluding carboxylic acids is 1. The number of ether oxygens (including phenoxy) is 2. The molecule has 0 atom stereocenters. The molecule has 0 aliphatic carbocycles. The Labute approximate surface area is 117 Å². The van der Waals surface area contributed by atoms with Crippen molar-refractivity contribution in [1.82, 2.24) is 9.55 Å². The first-order valence-corrected chi connectivity index (χ1v) is 6.21. The predicted octanol–water partition coefficient (Wildman–Crippen LogP) is 1.64. The van der Waals surface area contributed by atoms with Crippen molar-refractivity contribution in [3.63, 3.8) is 0 Å². The van der Waals surface area contributed by atoms with E-state index in [0.29, 0.717) is 24.6 Å². The summed E-state index contributed by atoms with van der Waals surface area (Å²) in [7, 11) is 1.31. The monoisotopic (exact) mass is 275 g/mol. The lowest BCUT2D eigenvalue weighted by molar-refractivity contribution is 0.0597. The SMILES string of the molecule is COC(=O)c1c(N)cccc1OCCn1ccnc1C. The average Bonchev–Trinajstić information content (AvgIpc) is 2.84. The van der Waals surface area contributed by atoms with Crippen molar-refractivity contribution in [1.29, 1.82) is 0 Å². The van der Waals surface area contributed by atoms with E-state index in [4.69, 9.17) is 15.2 Å². The van der Waals surface area contributed by atoms with Crippen LogP contribution >= 0.6 is 0 Å². The highest BCUT2D eigenvalue weighted by molar-refractivity contribution is 5.98. The molecule has 0 unspecified atom stereocenters. The maximum Gasteiger partial charge on any atom is 0.343 e. The second-order valence-corrected chi connectivity index (χ2v) is 4.23. The van der Waals surface area contributed by atoms with Crippen LogP contribution in [-0.4, -0.2) is 29.2 Å². The molecule has 0 saturated carbocycles. The second-order valence-electron chi connectivity index (χ2n) is 4.23. The van der Waals surface area contributed by atoms with Crippen molar-refractivity contribution in [2.75, 3.05) is 19.5 Å². The van der Waals surface area contributed by atoms with E-state index in [-0.39, 0.29) is 5.56 Å². The summed E-state index contributed by atoms with van der Waals surface area (Å²) in [5, 5.41) is 0. The van der Waals surface area contributed by atoms with Crippen LogP contribution in [0.4, 0.5) is 5.69 Å². The molecular weight excluding hydrogens is 258 g/mol. The van der Waals surface area contributed by atoms with Gasteiger partial charge in [0.15, 0.2) is 0 Å². The third kappa shape index (κ3) is 2.90. The summed E-state index contributed by atoms with van der Waals surface area (Å²) in [6.45, 7) is 2.96. The van der Waals surface area contributed by atoms with Gasteiger partial charge >= 0.3 is 5.97 Å². The number of hydrogen-bond donors (Lipinski definition) is 1. The van der Waals surface area contributed by atoms with Crippen LogP contribution in [0.5, 0.6) is 5.75 Å². The third-order valence-electron chi connectivity index (χ3n) is 2.96. The maximum atomic E-state index is 11.7. The van der Waals surface area contributed by atoms with Gasteiger partial charge in [-0.15, -0.1) is 0 Å². The summed E-state index contributed by atoms with van der Waals surface area (Å²) < 4.78 is 12.3. The summed E-state index contributed by atoms with van der Waals surface area (Å²) in [6.07, 6.45) is 3.61. The molecule has 106 valence electrons. The van der Waals surface area contributed by atoms with Gasteiger partial charge in [-0.2, -0.15) is 0 Å². The molecule has 2 rings (SSSR count). The van der Waals surface area contributed by atoms with Crippen LogP contribution in [-0.2, 0) is 11.3 Å².